The van der Waals surface area contributed by atoms with Gasteiger partial charge < -0.3 is 9.73 Å². The van der Waals surface area contributed by atoms with Crippen molar-refractivity contribution < 1.29 is 12.8 Å². The van der Waals surface area contributed by atoms with Crippen LogP contribution in [0.5, 0.6) is 0 Å². The van der Waals surface area contributed by atoms with Crippen LogP contribution in [0.4, 0.5) is 0 Å². The zero-order valence-corrected chi connectivity index (χ0v) is 12.2. The highest BCUT2D eigenvalue weighted by molar-refractivity contribution is 9.10. The Labute approximate surface area is 110 Å². The van der Waals surface area contributed by atoms with Crippen molar-refractivity contribution >= 4 is 38.4 Å². The second-order valence-corrected chi connectivity index (χ2v) is 5.75. The van der Waals surface area contributed by atoms with Crippen molar-refractivity contribution in [2.75, 3.05) is 27.2 Å². The fourth-order valence-corrected chi connectivity index (χ4v) is 2.47. The van der Waals surface area contributed by atoms with E-state index in [4.69, 9.17) is 4.42 Å². The molecule has 0 aromatic carbocycles. The van der Waals surface area contributed by atoms with Gasteiger partial charge in [0.2, 0.25) is 5.09 Å². The zero-order chi connectivity index (χ0) is 11.5. The summed E-state index contributed by atoms with van der Waals surface area (Å²) >= 11 is 3.06. The van der Waals surface area contributed by atoms with E-state index in [0.717, 1.165) is 0 Å². The van der Waals surface area contributed by atoms with Crippen LogP contribution in [0.15, 0.2) is 26.3 Å². The van der Waals surface area contributed by atoms with E-state index in [1.807, 2.05) is 0 Å². The van der Waals surface area contributed by atoms with Crippen LogP contribution in [0.1, 0.15) is 0 Å². The molecule has 0 atom stereocenters. The molecule has 1 rings (SSSR count). The summed E-state index contributed by atoms with van der Waals surface area (Å²) in [5, 5.41) is 2.83. The molecule has 94 valence electrons. The SMILES string of the molecule is CNCCN(C)S(=O)(=O)c1ccc(Br)o1.Cl. The lowest BCUT2D eigenvalue weighted by molar-refractivity contribution is 0.398. The minimum absolute atomic E-state index is 0. The van der Waals surface area contributed by atoms with Crippen LogP contribution < -0.4 is 5.32 Å². The van der Waals surface area contributed by atoms with E-state index in [-0.39, 0.29) is 17.5 Å². The Kier molecular flexibility index (Phi) is 6.57. The lowest BCUT2D eigenvalue weighted by atomic mass is 10.6. The minimum Gasteiger partial charge on any atom is -0.437 e. The third kappa shape index (κ3) is 3.74. The first-order valence-electron chi connectivity index (χ1n) is 4.34. The van der Waals surface area contributed by atoms with Crippen molar-refractivity contribution in [3.8, 4) is 0 Å². The Morgan fingerprint density at radius 1 is 1.50 bits per heavy atom. The monoisotopic (exact) mass is 332 g/mol. The van der Waals surface area contributed by atoms with Gasteiger partial charge in [0.25, 0.3) is 10.0 Å². The van der Waals surface area contributed by atoms with Crippen LogP contribution >= 0.6 is 28.3 Å². The summed E-state index contributed by atoms with van der Waals surface area (Å²) in [6.07, 6.45) is 0. The molecule has 1 aromatic rings. The lowest BCUT2D eigenvalue weighted by Gasteiger charge is -2.14. The Morgan fingerprint density at radius 3 is 2.56 bits per heavy atom. The Hall–Kier alpha value is -0.0800. The van der Waals surface area contributed by atoms with E-state index >= 15 is 0 Å². The average molecular weight is 334 g/mol. The topological polar surface area (TPSA) is 62.6 Å². The van der Waals surface area contributed by atoms with Crippen molar-refractivity contribution in [1.29, 1.82) is 0 Å². The third-order valence-corrected chi connectivity index (χ3v) is 4.05. The minimum atomic E-state index is -3.49. The maximum Gasteiger partial charge on any atom is 0.276 e. The van der Waals surface area contributed by atoms with Gasteiger partial charge in [-0.1, -0.05) is 0 Å². The Balaban J connectivity index is 0.00000225. The quantitative estimate of drug-likeness (QED) is 0.882. The summed E-state index contributed by atoms with van der Waals surface area (Å²) < 4.78 is 30.3. The number of likely N-dealkylation sites (N-methyl/N-ethyl adjacent to an activating group) is 2. The summed E-state index contributed by atoms with van der Waals surface area (Å²) in [6, 6.07) is 2.98. The lowest BCUT2D eigenvalue weighted by Crippen LogP contribution is -2.32. The van der Waals surface area contributed by atoms with E-state index in [1.54, 1.807) is 13.1 Å². The fraction of sp³-hybridized carbons (Fsp3) is 0.500. The molecule has 0 saturated heterocycles. The second-order valence-electron chi connectivity index (χ2n) is 2.99. The first kappa shape index (κ1) is 15.9. The molecular weight excluding hydrogens is 320 g/mol. The van der Waals surface area contributed by atoms with Crippen LogP contribution in [-0.2, 0) is 10.0 Å². The summed E-state index contributed by atoms with van der Waals surface area (Å²) in [6.45, 7) is 0.995. The van der Waals surface area contributed by atoms with Gasteiger partial charge in [-0.05, 0) is 35.1 Å². The summed E-state index contributed by atoms with van der Waals surface area (Å²) in [5.74, 6) is 0. The highest BCUT2D eigenvalue weighted by Crippen LogP contribution is 2.20. The molecule has 0 spiro atoms. The summed E-state index contributed by atoms with van der Waals surface area (Å²) in [7, 11) is -0.209. The highest BCUT2D eigenvalue weighted by Gasteiger charge is 2.23. The molecule has 1 N–H and O–H groups in total. The van der Waals surface area contributed by atoms with E-state index in [1.165, 1.54) is 17.4 Å². The predicted octanol–water partition coefficient (Wildman–Crippen LogP) is 1.30. The van der Waals surface area contributed by atoms with Gasteiger partial charge in [-0.15, -0.1) is 12.4 Å². The summed E-state index contributed by atoms with van der Waals surface area (Å²) in [4.78, 5) is 0. The highest BCUT2D eigenvalue weighted by atomic mass is 79.9. The standard InChI is InChI=1S/C8H13BrN2O3S.ClH/c1-10-5-6-11(2)15(12,13)8-4-3-7(9)14-8;/h3-4,10H,5-6H2,1-2H3;1H. The van der Waals surface area contributed by atoms with Crippen LogP contribution in [0.3, 0.4) is 0 Å². The molecule has 0 saturated carbocycles. The fourth-order valence-electron chi connectivity index (χ4n) is 0.979. The molecule has 8 heteroatoms. The van der Waals surface area contributed by atoms with Crippen molar-refractivity contribution in [3.63, 3.8) is 0 Å². The second kappa shape index (κ2) is 6.61. The van der Waals surface area contributed by atoms with E-state index in [0.29, 0.717) is 17.8 Å². The van der Waals surface area contributed by atoms with Crippen molar-refractivity contribution in [1.82, 2.24) is 9.62 Å². The smallest absolute Gasteiger partial charge is 0.276 e. The maximum absolute atomic E-state index is 11.8. The van der Waals surface area contributed by atoms with Gasteiger partial charge in [0.05, 0.1) is 0 Å². The molecule has 1 heterocycles. The first-order valence-corrected chi connectivity index (χ1v) is 6.58. The van der Waals surface area contributed by atoms with Crippen molar-refractivity contribution in [2.45, 2.75) is 5.09 Å². The molecule has 0 aliphatic carbocycles. The predicted molar refractivity (Wildman–Crippen MR) is 67.4 cm³/mol. The van der Waals surface area contributed by atoms with Gasteiger partial charge in [-0.2, -0.15) is 4.31 Å². The number of sulfonamides is 1. The van der Waals surface area contributed by atoms with Crippen LogP contribution in [-0.4, -0.2) is 39.9 Å². The van der Waals surface area contributed by atoms with E-state index < -0.39 is 10.0 Å². The first-order chi connectivity index (χ1) is 6.98. The van der Waals surface area contributed by atoms with Gasteiger partial charge in [-0.3, -0.25) is 0 Å². The molecule has 0 bridgehead atoms. The largest absolute Gasteiger partial charge is 0.437 e. The third-order valence-electron chi connectivity index (χ3n) is 1.89. The van der Waals surface area contributed by atoms with Gasteiger partial charge in [-0.25, -0.2) is 8.42 Å². The molecule has 16 heavy (non-hydrogen) atoms. The molecule has 0 radical (unpaired) electrons. The van der Waals surface area contributed by atoms with Gasteiger partial charge in [0, 0.05) is 20.1 Å². The number of nitrogens with zero attached hydrogens (tertiary/aromatic N) is 1. The number of nitrogens with one attached hydrogen (secondary N) is 1. The van der Waals surface area contributed by atoms with E-state index in [9.17, 15) is 8.42 Å². The number of hydrogen-bond acceptors (Lipinski definition) is 4. The van der Waals surface area contributed by atoms with Gasteiger partial charge in [0.15, 0.2) is 4.67 Å². The van der Waals surface area contributed by atoms with Crippen LogP contribution in [0.2, 0.25) is 0 Å². The molecule has 0 aliphatic heterocycles. The molecule has 1 aromatic heterocycles. The van der Waals surface area contributed by atoms with Gasteiger partial charge in [0.1, 0.15) is 0 Å². The van der Waals surface area contributed by atoms with Crippen molar-refractivity contribution in [3.05, 3.63) is 16.8 Å². The molecule has 5 nitrogen and oxygen atoms in total. The Bertz CT molecular complexity index is 421. The molecular formula is C8H14BrClN2O3S. The molecule has 0 unspecified atom stereocenters. The summed E-state index contributed by atoms with van der Waals surface area (Å²) in [5.41, 5.74) is 0. The van der Waals surface area contributed by atoms with Crippen LogP contribution in [0, 0.1) is 0 Å². The molecule has 0 fully saturated rings. The number of halogens is 2. The number of furan rings is 1. The van der Waals surface area contributed by atoms with Gasteiger partial charge >= 0.3 is 0 Å². The normalized spacial score (nSPS) is 11.5. The number of hydrogen-bond donors (Lipinski definition) is 1. The maximum atomic E-state index is 11.8. The average Bonchev–Trinajstić information content (AvgIpc) is 2.61. The molecule has 0 aliphatic rings. The Morgan fingerprint density at radius 2 is 2.12 bits per heavy atom. The molecule has 0 amide bonds. The zero-order valence-electron chi connectivity index (χ0n) is 8.94. The van der Waals surface area contributed by atoms with E-state index in [2.05, 4.69) is 21.2 Å². The number of rotatable bonds is 5. The van der Waals surface area contributed by atoms with Crippen LogP contribution in [0.25, 0.3) is 0 Å². The van der Waals surface area contributed by atoms with Crippen molar-refractivity contribution in [2.24, 2.45) is 0 Å².